The topological polar surface area (TPSA) is 46.2 Å². The molecule has 0 aliphatic heterocycles. The average molecular weight is 441 g/mol. The van der Waals surface area contributed by atoms with E-state index in [1.165, 1.54) is 0 Å². The third-order valence-corrected chi connectivity index (χ3v) is 4.94. The second kappa shape index (κ2) is 6.55. The lowest BCUT2D eigenvalue weighted by molar-refractivity contribution is -0.137. The summed E-state index contributed by atoms with van der Waals surface area (Å²) in [6, 6.07) is 10.6. The van der Waals surface area contributed by atoms with E-state index in [0.717, 1.165) is 33.4 Å². The fraction of sp³-hybridized carbons (Fsp3) is 0.143. The molecule has 0 aromatic heterocycles. The van der Waals surface area contributed by atoms with Crippen LogP contribution in [0.3, 0.4) is 0 Å². The van der Waals surface area contributed by atoms with E-state index in [0.29, 0.717) is 0 Å². The van der Waals surface area contributed by atoms with Crippen molar-refractivity contribution in [1.29, 1.82) is 0 Å². The van der Waals surface area contributed by atoms with Gasteiger partial charge in [0.05, 0.1) is 10.5 Å². The second-order valence-electron chi connectivity index (χ2n) is 4.48. The third-order valence-electron chi connectivity index (χ3n) is 2.85. The van der Waals surface area contributed by atoms with Gasteiger partial charge in [-0.05, 0) is 64.6 Å². The lowest BCUT2D eigenvalue weighted by Gasteiger charge is -2.09. The Morgan fingerprint density at radius 1 is 1.05 bits per heavy atom. The maximum absolute atomic E-state index is 12.5. The minimum absolute atomic E-state index is 0.0696. The molecule has 0 aliphatic carbocycles. The van der Waals surface area contributed by atoms with Crippen LogP contribution in [0.5, 0.6) is 0 Å². The number of sulfonamides is 1. The van der Waals surface area contributed by atoms with E-state index in [1.807, 2.05) is 12.1 Å². The van der Waals surface area contributed by atoms with Crippen LogP contribution in [-0.2, 0) is 22.7 Å². The summed E-state index contributed by atoms with van der Waals surface area (Å²) >= 11 is 2.10. The van der Waals surface area contributed by atoms with Gasteiger partial charge in [-0.25, -0.2) is 13.1 Å². The van der Waals surface area contributed by atoms with Crippen molar-refractivity contribution in [3.05, 3.63) is 63.2 Å². The summed E-state index contributed by atoms with van der Waals surface area (Å²) in [7, 11) is -3.85. The monoisotopic (exact) mass is 441 g/mol. The van der Waals surface area contributed by atoms with Crippen molar-refractivity contribution in [1.82, 2.24) is 4.72 Å². The number of alkyl halides is 3. The maximum Gasteiger partial charge on any atom is 0.416 e. The smallest absolute Gasteiger partial charge is 0.207 e. The first-order valence-electron chi connectivity index (χ1n) is 6.10. The molecule has 0 aliphatic rings. The molecule has 0 radical (unpaired) electrons. The number of hydrogen-bond acceptors (Lipinski definition) is 2. The van der Waals surface area contributed by atoms with Crippen LogP contribution >= 0.6 is 22.6 Å². The first kappa shape index (κ1) is 17.2. The molecular weight excluding hydrogens is 430 g/mol. The van der Waals surface area contributed by atoms with E-state index >= 15 is 0 Å². The fourth-order valence-corrected chi connectivity index (χ4v) is 3.36. The van der Waals surface area contributed by atoms with Gasteiger partial charge in [-0.3, -0.25) is 0 Å². The van der Waals surface area contributed by atoms with Gasteiger partial charge in [0.15, 0.2) is 0 Å². The molecule has 0 fully saturated rings. The molecule has 2 aromatic rings. The molecule has 0 unspecified atom stereocenters. The van der Waals surface area contributed by atoms with Crippen LogP contribution in [-0.4, -0.2) is 8.42 Å². The zero-order valence-electron chi connectivity index (χ0n) is 11.1. The van der Waals surface area contributed by atoms with Crippen molar-refractivity contribution in [2.75, 3.05) is 0 Å². The Balaban J connectivity index is 2.13. The van der Waals surface area contributed by atoms with E-state index in [1.54, 1.807) is 12.1 Å². The molecule has 0 saturated heterocycles. The van der Waals surface area contributed by atoms with Crippen molar-refractivity contribution in [3.8, 4) is 0 Å². The van der Waals surface area contributed by atoms with Gasteiger partial charge in [0.2, 0.25) is 10.0 Å². The molecule has 0 heterocycles. The number of nitrogens with one attached hydrogen (secondary N) is 1. The fourth-order valence-electron chi connectivity index (χ4n) is 1.73. The highest BCUT2D eigenvalue weighted by Crippen LogP contribution is 2.29. The summed E-state index contributed by atoms with van der Waals surface area (Å²) in [4.78, 5) is -0.203. The lowest BCUT2D eigenvalue weighted by Crippen LogP contribution is -2.23. The molecule has 0 spiro atoms. The molecule has 2 rings (SSSR count). The number of rotatable bonds is 4. The normalized spacial score (nSPS) is 12.4. The van der Waals surface area contributed by atoms with Gasteiger partial charge in [-0.15, -0.1) is 0 Å². The first-order valence-corrected chi connectivity index (χ1v) is 8.66. The van der Waals surface area contributed by atoms with Crippen LogP contribution in [0, 0.1) is 3.57 Å². The largest absolute Gasteiger partial charge is 0.416 e. The molecule has 8 heteroatoms. The van der Waals surface area contributed by atoms with E-state index in [9.17, 15) is 21.6 Å². The predicted octanol–water partition coefficient (Wildman–Crippen LogP) is 3.79. The molecule has 0 saturated carbocycles. The van der Waals surface area contributed by atoms with Crippen LogP contribution in [0.25, 0.3) is 0 Å². The molecule has 0 atom stereocenters. The molecule has 22 heavy (non-hydrogen) atoms. The number of hydrogen-bond donors (Lipinski definition) is 1. The molecule has 0 bridgehead atoms. The molecule has 0 amide bonds. The van der Waals surface area contributed by atoms with E-state index < -0.39 is 21.8 Å². The van der Waals surface area contributed by atoms with Gasteiger partial charge in [0.25, 0.3) is 0 Å². The molecule has 1 N–H and O–H groups in total. The van der Waals surface area contributed by atoms with Crippen LogP contribution in [0.1, 0.15) is 11.1 Å². The van der Waals surface area contributed by atoms with E-state index in [2.05, 4.69) is 27.3 Å². The van der Waals surface area contributed by atoms with E-state index in [-0.39, 0.29) is 11.4 Å². The lowest BCUT2D eigenvalue weighted by atomic mass is 10.2. The standard InChI is InChI=1S/C14H11F3INO2S/c15-14(16,17)11-4-6-13(7-5-11)22(20,21)19-9-10-2-1-3-12(18)8-10/h1-8,19H,9H2. The Kier molecular flexibility index (Phi) is 5.13. The summed E-state index contributed by atoms with van der Waals surface area (Å²) in [6.07, 6.45) is -4.49. The van der Waals surface area contributed by atoms with E-state index in [4.69, 9.17) is 0 Å². The Morgan fingerprint density at radius 2 is 1.68 bits per heavy atom. The quantitative estimate of drug-likeness (QED) is 0.735. The van der Waals surface area contributed by atoms with Gasteiger partial charge >= 0.3 is 6.18 Å². The molecule has 118 valence electrons. The van der Waals surface area contributed by atoms with Gasteiger partial charge in [0, 0.05) is 10.1 Å². The Hall–Kier alpha value is -1.13. The van der Waals surface area contributed by atoms with Crippen LogP contribution < -0.4 is 4.72 Å². The van der Waals surface area contributed by atoms with Gasteiger partial charge < -0.3 is 0 Å². The summed E-state index contributed by atoms with van der Waals surface area (Å²) in [5, 5.41) is 0. The highest BCUT2D eigenvalue weighted by molar-refractivity contribution is 14.1. The van der Waals surface area contributed by atoms with Gasteiger partial charge in [-0.1, -0.05) is 12.1 Å². The Bertz CT molecular complexity index is 758. The summed E-state index contributed by atoms with van der Waals surface area (Å²) < 4.78 is 64.8. The van der Waals surface area contributed by atoms with Crippen molar-refractivity contribution < 1.29 is 21.6 Å². The third kappa shape index (κ3) is 4.43. The zero-order chi connectivity index (χ0) is 16.4. The Labute approximate surface area is 139 Å². The van der Waals surface area contributed by atoms with Gasteiger partial charge in [0.1, 0.15) is 0 Å². The first-order chi connectivity index (χ1) is 10.2. The van der Waals surface area contributed by atoms with Crippen LogP contribution in [0.4, 0.5) is 13.2 Å². The zero-order valence-corrected chi connectivity index (χ0v) is 14.0. The molecule has 2 aromatic carbocycles. The summed E-state index contributed by atoms with van der Waals surface area (Å²) in [5.74, 6) is 0. The minimum atomic E-state index is -4.49. The summed E-state index contributed by atoms with van der Waals surface area (Å²) in [6.45, 7) is 0.0696. The SMILES string of the molecule is O=S(=O)(NCc1cccc(I)c1)c1ccc(C(F)(F)F)cc1. The predicted molar refractivity (Wildman–Crippen MR) is 84.6 cm³/mol. The second-order valence-corrected chi connectivity index (χ2v) is 7.49. The minimum Gasteiger partial charge on any atom is -0.207 e. The van der Waals surface area contributed by atoms with Crippen molar-refractivity contribution in [2.45, 2.75) is 17.6 Å². The number of benzene rings is 2. The van der Waals surface area contributed by atoms with Crippen molar-refractivity contribution in [3.63, 3.8) is 0 Å². The average Bonchev–Trinajstić information content (AvgIpc) is 2.45. The van der Waals surface area contributed by atoms with Crippen LogP contribution in [0.15, 0.2) is 53.4 Å². The van der Waals surface area contributed by atoms with Gasteiger partial charge in [-0.2, -0.15) is 13.2 Å². The molecule has 3 nitrogen and oxygen atoms in total. The van der Waals surface area contributed by atoms with Crippen LogP contribution in [0.2, 0.25) is 0 Å². The Morgan fingerprint density at radius 3 is 2.23 bits per heavy atom. The molecular formula is C14H11F3INO2S. The summed E-state index contributed by atoms with van der Waals surface area (Å²) in [5.41, 5.74) is -0.119. The maximum atomic E-state index is 12.5. The van der Waals surface area contributed by atoms with Crippen molar-refractivity contribution in [2.24, 2.45) is 0 Å². The highest BCUT2D eigenvalue weighted by Gasteiger charge is 2.30. The number of halogens is 4. The highest BCUT2D eigenvalue weighted by atomic mass is 127. The van der Waals surface area contributed by atoms with Crippen molar-refractivity contribution >= 4 is 32.6 Å².